The first-order valence-corrected chi connectivity index (χ1v) is 7.45. The van der Waals surface area contributed by atoms with Crippen LogP contribution in [0.2, 0.25) is 10.0 Å². The lowest BCUT2D eigenvalue weighted by atomic mass is 10.0. The molecule has 3 nitrogen and oxygen atoms in total. The van der Waals surface area contributed by atoms with Crippen LogP contribution in [-0.2, 0) is 0 Å². The van der Waals surface area contributed by atoms with Gasteiger partial charge in [-0.25, -0.2) is 0 Å². The monoisotopic (exact) mass is 322 g/mol. The molecule has 0 aliphatic heterocycles. The van der Waals surface area contributed by atoms with Crippen molar-refractivity contribution in [3.05, 3.63) is 63.4 Å². The van der Waals surface area contributed by atoms with E-state index in [2.05, 4.69) is 10.3 Å². The van der Waals surface area contributed by atoms with Gasteiger partial charge in [-0.15, -0.1) is 0 Å². The number of pyridine rings is 1. The van der Waals surface area contributed by atoms with Gasteiger partial charge in [-0.2, -0.15) is 0 Å². The Morgan fingerprint density at radius 3 is 2.71 bits per heavy atom. The lowest BCUT2D eigenvalue weighted by Crippen LogP contribution is -2.28. The van der Waals surface area contributed by atoms with Gasteiger partial charge >= 0.3 is 0 Å². The van der Waals surface area contributed by atoms with E-state index in [-0.39, 0.29) is 11.9 Å². The molecule has 0 bridgehead atoms. The second-order valence-corrected chi connectivity index (χ2v) is 5.64. The summed E-state index contributed by atoms with van der Waals surface area (Å²) in [5.41, 5.74) is 2.12. The van der Waals surface area contributed by atoms with E-state index >= 15 is 0 Å². The number of nitrogens with one attached hydrogen (secondary N) is 1. The largest absolute Gasteiger partial charge is 0.345 e. The highest BCUT2D eigenvalue weighted by Crippen LogP contribution is 2.22. The van der Waals surface area contributed by atoms with Crippen molar-refractivity contribution in [2.45, 2.75) is 26.3 Å². The molecular formula is C16H16Cl2N2O. The molecule has 1 unspecified atom stereocenters. The van der Waals surface area contributed by atoms with Crippen LogP contribution in [0.1, 0.15) is 41.0 Å². The smallest absolute Gasteiger partial charge is 0.254 e. The molecule has 5 heteroatoms. The quantitative estimate of drug-likeness (QED) is 0.895. The summed E-state index contributed by atoms with van der Waals surface area (Å²) in [6, 6.07) is 9.03. The Bertz CT molecular complexity index is 658. The van der Waals surface area contributed by atoms with Gasteiger partial charge in [0.05, 0.1) is 16.6 Å². The summed E-state index contributed by atoms with van der Waals surface area (Å²) >= 11 is 12.1. The number of benzene rings is 1. The van der Waals surface area contributed by atoms with Crippen LogP contribution in [0.5, 0.6) is 0 Å². The Labute approximate surface area is 134 Å². The van der Waals surface area contributed by atoms with Crippen LogP contribution in [0.15, 0.2) is 36.5 Å². The minimum Gasteiger partial charge on any atom is -0.345 e. The molecule has 2 rings (SSSR count). The molecule has 1 aromatic heterocycles. The molecule has 0 saturated carbocycles. The third-order valence-electron chi connectivity index (χ3n) is 3.20. The van der Waals surface area contributed by atoms with Gasteiger partial charge < -0.3 is 5.32 Å². The van der Waals surface area contributed by atoms with Gasteiger partial charge in [0.15, 0.2) is 0 Å². The number of aryl methyl sites for hydroxylation is 1. The number of carbonyl (C=O) groups excluding carboxylic acids is 1. The summed E-state index contributed by atoms with van der Waals surface area (Å²) in [6.45, 7) is 3.83. The molecule has 0 aliphatic carbocycles. The van der Waals surface area contributed by atoms with Crippen LogP contribution in [0.25, 0.3) is 0 Å². The first-order valence-electron chi connectivity index (χ1n) is 6.69. The Morgan fingerprint density at radius 2 is 2.10 bits per heavy atom. The highest BCUT2D eigenvalue weighted by molar-refractivity contribution is 6.33. The number of aromatic nitrogens is 1. The lowest BCUT2D eigenvalue weighted by Gasteiger charge is -2.18. The molecule has 110 valence electrons. The highest BCUT2D eigenvalue weighted by atomic mass is 35.5. The molecule has 2 aromatic rings. The van der Waals surface area contributed by atoms with Crippen molar-refractivity contribution in [3.8, 4) is 0 Å². The van der Waals surface area contributed by atoms with Gasteiger partial charge in [-0.3, -0.25) is 9.78 Å². The van der Waals surface area contributed by atoms with Crippen LogP contribution in [0.4, 0.5) is 0 Å². The van der Waals surface area contributed by atoms with Crippen molar-refractivity contribution in [1.29, 1.82) is 0 Å². The SMILES string of the molecule is CCC(NC(=O)c1cnc(C)cc1Cl)c1cccc(Cl)c1. The molecule has 1 N–H and O–H groups in total. The van der Waals surface area contributed by atoms with Crippen molar-refractivity contribution in [2.24, 2.45) is 0 Å². The summed E-state index contributed by atoms with van der Waals surface area (Å²) in [4.78, 5) is 16.5. The number of hydrogen-bond acceptors (Lipinski definition) is 2. The number of carbonyl (C=O) groups is 1. The zero-order valence-electron chi connectivity index (χ0n) is 11.9. The fourth-order valence-corrected chi connectivity index (χ4v) is 2.57. The number of halogens is 2. The third-order valence-corrected chi connectivity index (χ3v) is 3.75. The molecular weight excluding hydrogens is 307 g/mol. The Hall–Kier alpha value is -1.58. The zero-order valence-corrected chi connectivity index (χ0v) is 13.4. The van der Waals surface area contributed by atoms with Gasteiger partial charge in [0.2, 0.25) is 0 Å². The molecule has 0 fully saturated rings. The maximum Gasteiger partial charge on any atom is 0.254 e. The average molecular weight is 323 g/mol. The third kappa shape index (κ3) is 3.96. The minimum atomic E-state index is -0.237. The second-order valence-electron chi connectivity index (χ2n) is 4.79. The van der Waals surface area contributed by atoms with E-state index in [0.717, 1.165) is 17.7 Å². The van der Waals surface area contributed by atoms with Crippen LogP contribution < -0.4 is 5.32 Å². The summed E-state index contributed by atoms with van der Waals surface area (Å²) in [5.74, 6) is -0.237. The summed E-state index contributed by atoms with van der Waals surface area (Å²) < 4.78 is 0. The van der Waals surface area contributed by atoms with E-state index in [1.807, 2.05) is 32.0 Å². The maximum absolute atomic E-state index is 12.3. The standard InChI is InChI=1S/C16H16Cl2N2O/c1-3-15(11-5-4-6-12(17)8-11)20-16(21)13-9-19-10(2)7-14(13)18/h4-9,15H,3H2,1-2H3,(H,20,21). The highest BCUT2D eigenvalue weighted by Gasteiger charge is 2.17. The second kappa shape index (κ2) is 6.92. The number of hydrogen-bond donors (Lipinski definition) is 1. The maximum atomic E-state index is 12.3. The Morgan fingerprint density at radius 1 is 1.33 bits per heavy atom. The van der Waals surface area contributed by atoms with Crippen molar-refractivity contribution < 1.29 is 4.79 Å². The molecule has 1 heterocycles. The fraction of sp³-hybridized carbons (Fsp3) is 0.250. The molecule has 0 aliphatic rings. The predicted molar refractivity (Wildman–Crippen MR) is 85.9 cm³/mol. The molecule has 0 saturated heterocycles. The van der Waals surface area contributed by atoms with Crippen molar-refractivity contribution >= 4 is 29.1 Å². The number of nitrogens with zero attached hydrogens (tertiary/aromatic N) is 1. The molecule has 21 heavy (non-hydrogen) atoms. The van der Waals surface area contributed by atoms with Gasteiger partial charge in [0.1, 0.15) is 0 Å². The van der Waals surface area contributed by atoms with E-state index in [4.69, 9.17) is 23.2 Å². The Kier molecular flexibility index (Phi) is 5.21. The van der Waals surface area contributed by atoms with Gasteiger partial charge in [0, 0.05) is 16.9 Å². The van der Waals surface area contributed by atoms with Crippen molar-refractivity contribution in [1.82, 2.24) is 10.3 Å². The van der Waals surface area contributed by atoms with Crippen LogP contribution in [-0.4, -0.2) is 10.9 Å². The minimum absolute atomic E-state index is 0.117. The summed E-state index contributed by atoms with van der Waals surface area (Å²) in [6.07, 6.45) is 2.25. The lowest BCUT2D eigenvalue weighted by molar-refractivity contribution is 0.0935. The average Bonchev–Trinajstić information content (AvgIpc) is 2.44. The van der Waals surface area contributed by atoms with Gasteiger partial charge in [-0.1, -0.05) is 42.3 Å². The van der Waals surface area contributed by atoms with Crippen molar-refractivity contribution in [3.63, 3.8) is 0 Å². The van der Waals surface area contributed by atoms with E-state index in [1.165, 1.54) is 6.20 Å². The molecule has 1 atom stereocenters. The normalized spacial score (nSPS) is 12.0. The molecule has 0 spiro atoms. The van der Waals surface area contributed by atoms with Crippen molar-refractivity contribution in [2.75, 3.05) is 0 Å². The fourth-order valence-electron chi connectivity index (χ4n) is 2.07. The zero-order chi connectivity index (χ0) is 15.4. The van der Waals surface area contributed by atoms with Crippen LogP contribution in [0.3, 0.4) is 0 Å². The topological polar surface area (TPSA) is 42.0 Å². The number of amides is 1. The van der Waals surface area contributed by atoms with E-state index < -0.39 is 0 Å². The van der Waals surface area contributed by atoms with Crippen LogP contribution >= 0.6 is 23.2 Å². The summed E-state index contributed by atoms with van der Waals surface area (Å²) in [7, 11) is 0. The van der Waals surface area contributed by atoms with Gasteiger partial charge in [-0.05, 0) is 37.1 Å². The van der Waals surface area contributed by atoms with Gasteiger partial charge in [0.25, 0.3) is 5.91 Å². The van der Waals surface area contributed by atoms with E-state index in [1.54, 1.807) is 12.1 Å². The predicted octanol–water partition coefficient (Wildman–Crippen LogP) is 4.58. The molecule has 1 aromatic carbocycles. The first-order chi connectivity index (χ1) is 10.0. The number of rotatable bonds is 4. The Balaban J connectivity index is 2.20. The molecule has 1 amide bonds. The van der Waals surface area contributed by atoms with E-state index in [9.17, 15) is 4.79 Å². The first kappa shape index (κ1) is 15.8. The summed E-state index contributed by atoms with van der Waals surface area (Å²) in [5, 5.41) is 4.02. The van der Waals surface area contributed by atoms with E-state index in [0.29, 0.717) is 15.6 Å². The van der Waals surface area contributed by atoms with Crippen LogP contribution in [0, 0.1) is 6.92 Å². The molecule has 0 radical (unpaired) electrons.